The lowest BCUT2D eigenvalue weighted by Crippen LogP contribution is -2.18. The molecule has 2 heterocycles. The van der Waals surface area contributed by atoms with Crippen molar-refractivity contribution >= 4 is 28.7 Å². The minimum Gasteiger partial charge on any atom is -0.332 e. The fourth-order valence-corrected chi connectivity index (χ4v) is 2.61. The van der Waals surface area contributed by atoms with Crippen molar-refractivity contribution in [1.82, 2.24) is 19.6 Å². The highest BCUT2D eigenvalue weighted by Gasteiger charge is 2.04. The molecule has 24 heavy (non-hydrogen) atoms. The number of hydrogen-bond acceptors (Lipinski definition) is 3. The Kier molecular flexibility index (Phi) is 4.90. The fraction of sp³-hybridized carbons (Fsp3) is 0.235. The Morgan fingerprint density at radius 3 is 2.62 bits per heavy atom. The van der Waals surface area contributed by atoms with Crippen molar-refractivity contribution in [1.29, 1.82) is 0 Å². The number of hydrogen-bond donors (Lipinski definition) is 2. The lowest BCUT2D eigenvalue weighted by Gasteiger charge is -2.09. The second-order valence-corrected chi connectivity index (χ2v) is 5.99. The van der Waals surface area contributed by atoms with Crippen LogP contribution in [0.4, 0.5) is 11.4 Å². The van der Waals surface area contributed by atoms with Crippen LogP contribution in [0, 0.1) is 6.92 Å². The van der Waals surface area contributed by atoms with Gasteiger partial charge in [-0.25, -0.2) is 0 Å². The number of aryl methyl sites for hydroxylation is 2. The SMILES string of the molecule is CCn1cc(Cn2cc(NC(=S)Nc3cccc(C)c3)cn2)cn1. The Hall–Kier alpha value is -2.67. The van der Waals surface area contributed by atoms with Gasteiger partial charge < -0.3 is 10.6 Å². The van der Waals surface area contributed by atoms with Gasteiger partial charge in [-0.3, -0.25) is 9.36 Å². The van der Waals surface area contributed by atoms with Gasteiger partial charge in [0.2, 0.25) is 0 Å². The van der Waals surface area contributed by atoms with E-state index >= 15 is 0 Å². The van der Waals surface area contributed by atoms with Crippen LogP contribution in [0.25, 0.3) is 0 Å². The monoisotopic (exact) mass is 340 g/mol. The van der Waals surface area contributed by atoms with Crippen molar-refractivity contribution < 1.29 is 0 Å². The van der Waals surface area contributed by atoms with Gasteiger partial charge >= 0.3 is 0 Å². The van der Waals surface area contributed by atoms with E-state index in [1.54, 1.807) is 6.20 Å². The van der Waals surface area contributed by atoms with Gasteiger partial charge in [-0.1, -0.05) is 12.1 Å². The molecule has 2 N–H and O–H groups in total. The van der Waals surface area contributed by atoms with Gasteiger partial charge in [-0.05, 0) is 43.8 Å². The molecular formula is C17H20N6S. The Balaban J connectivity index is 1.58. The van der Waals surface area contributed by atoms with Crippen molar-refractivity contribution in [2.24, 2.45) is 0 Å². The average Bonchev–Trinajstić information content (AvgIpc) is 3.17. The fourth-order valence-electron chi connectivity index (χ4n) is 2.38. The molecule has 0 bridgehead atoms. The third-order valence-electron chi connectivity index (χ3n) is 3.52. The van der Waals surface area contributed by atoms with E-state index in [-0.39, 0.29) is 0 Å². The van der Waals surface area contributed by atoms with E-state index < -0.39 is 0 Å². The first-order valence-electron chi connectivity index (χ1n) is 7.81. The standard InChI is InChI=1S/C17H20N6S/c1-3-22-10-14(8-18-22)11-23-12-16(9-19-23)21-17(24)20-15-6-4-5-13(2)7-15/h4-10,12H,3,11H2,1-2H3,(H2,20,21,24). The summed E-state index contributed by atoms with van der Waals surface area (Å²) in [4.78, 5) is 0. The van der Waals surface area contributed by atoms with E-state index in [0.29, 0.717) is 11.7 Å². The summed E-state index contributed by atoms with van der Waals surface area (Å²) >= 11 is 5.35. The molecule has 0 amide bonds. The first-order valence-corrected chi connectivity index (χ1v) is 8.21. The molecular weight excluding hydrogens is 320 g/mol. The van der Waals surface area contributed by atoms with Gasteiger partial charge in [-0.15, -0.1) is 0 Å². The molecule has 6 nitrogen and oxygen atoms in total. The summed E-state index contributed by atoms with van der Waals surface area (Å²) in [6.07, 6.45) is 7.57. The lowest BCUT2D eigenvalue weighted by atomic mass is 10.2. The van der Waals surface area contributed by atoms with Crippen LogP contribution < -0.4 is 10.6 Å². The maximum Gasteiger partial charge on any atom is 0.175 e. The van der Waals surface area contributed by atoms with Gasteiger partial charge in [0.1, 0.15) is 0 Å². The molecule has 0 saturated heterocycles. The normalized spacial score (nSPS) is 10.6. The molecule has 1 aromatic carbocycles. The van der Waals surface area contributed by atoms with Crippen LogP contribution in [0.2, 0.25) is 0 Å². The van der Waals surface area contributed by atoms with Crippen LogP contribution in [0.15, 0.2) is 49.1 Å². The predicted molar refractivity (Wildman–Crippen MR) is 100 cm³/mol. The van der Waals surface area contributed by atoms with Crippen LogP contribution in [0.1, 0.15) is 18.1 Å². The summed E-state index contributed by atoms with van der Waals surface area (Å²) < 4.78 is 3.76. The van der Waals surface area contributed by atoms with Gasteiger partial charge in [-0.2, -0.15) is 10.2 Å². The summed E-state index contributed by atoms with van der Waals surface area (Å²) in [6.45, 7) is 5.66. The molecule has 0 aliphatic rings. The third-order valence-corrected chi connectivity index (χ3v) is 3.73. The van der Waals surface area contributed by atoms with Gasteiger partial charge in [0.25, 0.3) is 0 Å². The number of nitrogens with one attached hydrogen (secondary N) is 2. The Morgan fingerprint density at radius 2 is 1.88 bits per heavy atom. The van der Waals surface area contributed by atoms with Crippen LogP contribution in [0.5, 0.6) is 0 Å². The quantitative estimate of drug-likeness (QED) is 0.698. The first kappa shape index (κ1) is 16.2. The van der Waals surface area contributed by atoms with E-state index in [4.69, 9.17) is 12.2 Å². The molecule has 0 atom stereocenters. The topological polar surface area (TPSA) is 59.7 Å². The molecule has 0 saturated carbocycles. The molecule has 124 valence electrons. The maximum atomic E-state index is 5.35. The van der Waals surface area contributed by atoms with Gasteiger partial charge in [0.15, 0.2) is 5.11 Å². The van der Waals surface area contributed by atoms with Gasteiger partial charge in [0.05, 0.1) is 24.6 Å². The van der Waals surface area contributed by atoms with Crippen LogP contribution >= 0.6 is 12.2 Å². The van der Waals surface area contributed by atoms with Crippen molar-refractivity contribution in [3.8, 4) is 0 Å². The minimum absolute atomic E-state index is 0.541. The van der Waals surface area contributed by atoms with E-state index in [2.05, 4.69) is 27.8 Å². The van der Waals surface area contributed by atoms with Crippen LogP contribution in [-0.4, -0.2) is 24.7 Å². The van der Waals surface area contributed by atoms with Gasteiger partial charge in [0, 0.05) is 30.2 Å². The maximum absolute atomic E-state index is 5.35. The average molecular weight is 340 g/mol. The zero-order chi connectivity index (χ0) is 16.9. The molecule has 3 aromatic rings. The summed E-state index contributed by atoms with van der Waals surface area (Å²) in [5.41, 5.74) is 4.12. The number of aromatic nitrogens is 4. The first-order chi connectivity index (χ1) is 11.6. The molecule has 7 heteroatoms. The lowest BCUT2D eigenvalue weighted by molar-refractivity contribution is 0.654. The van der Waals surface area contributed by atoms with Crippen LogP contribution in [0.3, 0.4) is 0 Å². The summed E-state index contributed by atoms with van der Waals surface area (Å²) in [5, 5.41) is 15.5. The van der Waals surface area contributed by atoms with E-state index in [9.17, 15) is 0 Å². The molecule has 0 unspecified atom stereocenters. The predicted octanol–water partition coefficient (Wildman–Crippen LogP) is 3.27. The summed E-state index contributed by atoms with van der Waals surface area (Å²) in [6, 6.07) is 8.07. The van der Waals surface area contributed by atoms with E-state index in [1.165, 1.54) is 5.56 Å². The Labute approximate surface area is 146 Å². The highest BCUT2D eigenvalue weighted by Crippen LogP contribution is 2.12. The minimum atomic E-state index is 0.541. The molecule has 0 aliphatic heterocycles. The zero-order valence-electron chi connectivity index (χ0n) is 13.7. The number of benzene rings is 1. The second kappa shape index (κ2) is 7.27. The van der Waals surface area contributed by atoms with Crippen LogP contribution in [-0.2, 0) is 13.1 Å². The van der Waals surface area contributed by atoms with Crippen molar-refractivity contribution in [2.75, 3.05) is 10.6 Å². The third kappa shape index (κ3) is 4.20. The molecule has 0 fully saturated rings. The van der Waals surface area contributed by atoms with Crippen molar-refractivity contribution in [2.45, 2.75) is 26.9 Å². The largest absolute Gasteiger partial charge is 0.332 e. The van der Waals surface area contributed by atoms with Crippen molar-refractivity contribution in [3.05, 3.63) is 60.2 Å². The molecule has 0 spiro atoms. The molecule has 0 aliphatic carbocycles. The highest BCUT2D eigenvalue weighted by atomic mass is 32.1. The summed E-state index contributed by atoms with van der Waals surface area (Å²) in [5.74, 6) is 0. The number of anilines is 2. The Morgan fingerprint density at radius 1 is 1.08 bits per heavy atom. The second-order valence-electron chi connectivity index (χ2n) is 5.58. The van der Waals surface area contributed by atoms with Crippen molar-refractivity contribution in [3.63, 3.8) is 0 Å². The van der Waals surface area contributed by atoms with E-state index in [1.807, 2.05) is 59.1 Å². The number of thiocarbonyl (C=S) groups is 1. The molecule has 0 radical (unpaired) electrons. The molecule has 3 rings (SSSR count). The van der Waals surface area contributed by atoms with E-state index in [0.717, 1.165) is 23.5 Å². The summed E-state index contributed by atoms with van der Waals surface area (Å²) in [7, 11) is 0. The number of rotatable bonds is 5. The smallest absolute Gasteiger partial charge is 0.175 e. The highest BCUT2D eigenvalue weighted by molar-refractivity contribution is 7.80. The zero-order valence-corrected chi connectivity index (χ0v) is 14.5. The number of nitrogens with zero attached hydrogens (tertiary/aromatic N) is 4. The Bertz CT molecular complexity index is 835. The molecule has 2 aromatic heterocycles.